The maximum absolute atomic E-state index is 11.9. The van der Waals surface area contributed by atoms with Crippen LogP contribution in [0.5, 0.6) is 11.5 Å². The lowest BCUT2D eigenvalue weighted by molar-refractivity contribution is 0.0955. The molecule has 0 aliphatic carbocycles. The minimum absolute atomic E-state index is 0.315. The molecular formula is C19H23N3O3. The zero-order valence-corrected chi connectivity index (χ0v) is 14.7. The molecule has 25 heavy (non-hydrogen) atoms. The van der Waals surface area contributed by atoms with Gasteiger partial charge in [-0.2, -0.15) is 5.10 Å². The van der Waals surface area contributed by atoms with Crippen LogP contribution in [0.3, 0.4) is 0 Å². The predicted octanol–water partition coefficient (Wildman–Crippen LogP) is 3.28. The summed E-state index contributed by atoms with van der Waals surface area (Å²) in [7, 11) is 1.59. The molecule has 6 nitrogen and oxygen atoms in total. The number of carbonyl (C=O) groups excluding carboxylic acids is 1. The number of hydrogen-bond donors (Lipinski definition) is 1. The Morgan fingerprint density at radius 1 is 1.32 bits per heavy atom. The number of ether oxygens (including phenoxy) is 2. The summed E-state index contributed by atoms with van der Waals surface area (Å²) in [4.78, 5) is 15.8. The summed E-state index contributed by atoms with van der Waals surface area (Å²) in [6.45, 7) is 4.95. The van der Waals surface area contributed by atoms with Crippen molar-refractivity contribution in [1.29, 1.82) is 0 Å². The van der Waals surface area contributed by atoms with E-state index in [0.29, 0.717) is 29.6 Å². The fourth-order valence-electron chi connectivity index (χ4n) is 2.02. The number of benzene rings is 1. The third-order valence-corrected chi connectivity index (χ3v) is 3.44. The van der Waals surface area contributed by atoms with Crippen molar-refractivity contribution in [3.63, 3.8) is 0 Å². The van der Waals surface area contributed by atoms with E-state index in [4.69, 9.17) is 9.47 Å². The summed E-state index contributed by atoms with van der Waals surface area (Å²) in [6.07, 6.45) is 5.62. The maximum Gasteiger partial charge on any atom is 0.272 e. The first-order valence-corrected chi connectivity index (χ1v) is 8.14. The highest BCUT2D eigenvalue weighted by molar-refractivity contribution is 5.94. The molecule has 0 fully saturated rings. The Morgan fingerprint density at radius 2 is 2.16 bits per heavy atom. The minimum atomic E-state index is -0.315. The van der Waals surface area contributed by atoms with Crippen LogP contribution < -0.4 is 14.9 Å². The van der Waals surface area contributed by atoms with Gasteiger partial charge in [-0.15, -0.1) is 0 Å². The van der Waals surface area contributed by atoms with Crippen LogP contribution in [0.2, 0.25) is 0 Å². The Hall–Kier alpha value is -2.89. The summed E-state index contributed by atoms with van der Waals surface area (Å²) in [5.41, 5.74) is 3.71. The molecule has 2 rings (SSSR count). The third kappa shape index (κ3) is 5.91. The molecule has 6 heteroatoms. The maximum atomic E-state index is 11.9. The molecular weight excluding hydrogens is 318 g/mol. The van der Waals surface area contributed by atoms with Crippen LogP contribution in [-0.4, -0.2) is 30.8 Å². The average Bonchev–Trinajstić information content (AvgIpc) is 2.63. The number of hydrogen-bond acceptors (Lipinski definition) is 5. The van der Waals surface area contributed by atoms with Gasteiger partial charge in [0.2, 0.25) is 0 Å². The van der Waals surface area contributed by atoms with E-state index in [1.807, 2.05) is 18.2 Å². The van der Waals surface area contributed by atoms with E-state index < -0.39 is 0 Å². The zero-order chi connectivity index (χ0) is 18.1. The first kappa shape index (κ1) is 18.4. The van der Waals surface area contributed by atoms with Crippen LogP contribution in [0.25, 0.3) is 0 Å². The number of aromatic nitrogens is 1. The van der Waals surface area contributed by atoms with Gasteiger partial charge >= 0.3 is 0 Å². The van der Waals surface area contributed by atoms with Gasteiger partial charge in [0.1, 0.15) is 0 Å². The molecule has 0 spiro atoms. The lowest BCUT2D eigenvalue weighted by Crippen LogP contribution is -2.17. The Labute approximate surface area is 147 Å². The number of methoxy groups -OCH3 is 1. The molecule has 1 aromatic heterocycles. The van der Waals surface area contributed by atoms with Crippen LogP contribution in [0.15, 0.2) is 47.8 Å². The first-order valence-electron chi connectivity index (χ1n) is 8.14. The molecule has 1 amide bonds. The summed E-state index contributed by atoms with van der Waals surface area (Å²) in [5.74, 6) is 1.59. The fraction of sp³-hybridized carbons (Fsp3) is 0.316. The molecule has 1 heterocycles. The molecule has 0 saturated heterocycles. The summed E-state index contributed by atoms with van der Waals surface area (Å²) in [5, 5.41) is 3.96. The largest absolute Gasteiger partial charge is 0.493 e. The molecule has 0 bridgehead atoms. The highest BCUT2D eigenvalue weighted by Gasteiger charge is 2.06. The average molecular weight is 341 g/mol. The molecule has 132 valence electrons. The summed E-state index contributed by atoms with van der Waals surface area (Å²) in [6, 6.07) is 8.87. The van der Waals surface area contributed by atoms with Crippen LogP contribution >= 0.6 is 0 Å². The second-order valence-corrected chi connectivity index (χ2v) is 5.88. The molecule has 0 unspecified atom stereocenters. The van der Waals surface area contributed by atoms with E-state index in [-0.39, 0.29) is 5.91 Å². The van der Waals surface area contributed by atoms with Crippen LogP contribution in [0.1, 0.15) is 36.2 Å². The highest BCUT2D eigenvalue weighted by atomic mass is 16.5. The summed E-state index contributed by atoms with van der Waals surface area (Å²) >= 11 is 0. The van der Waals surface area contributed by atoms with Gasteiger partial charge in [-0.3, -0.25) is 9.78 Å². The lowest BCUT2D eigenvalue weighted by Gasteiger charge is -2.12. The van der Waals surface area contributed by atoms with Crippen molar-refractivity contribution in [3.05, 3.63) is 53.9 Å². The zero-order valence-electron chi connectivity index (χ0n) is 14.7. The number of pyridine rings is 1. The van der Waals surface area contributed by atoms with Gasteiger partial charge < -0.3 is 9.47 Å². The second-order valence-electron chi connectivity index (χ2n) is 5.88. The van der Waals surface area contributed by atoms with Crippen molar-refractivity contribution in [3.8, 4) is 11.5 Å². The number of nitrogens with one attached hydrogen (secondary N) is 1. The van der Waals surface area contributed by atoms with Gasteiger partial charge in [-0.1, -0.05) is 13.8 Å². The molecule has 0 radical (unpaired) electrons. The Balaban J connectivity index is 1.96. The van der Waals surface area contributed by atoms with Crippen molar-refractivity contribution in [2.75, 3.05) is 13.7 Å². The fourth-order valence-corrected chi connectivity index (χ4v) is 2.02. The number of amides is 1. The molecule has 2 aromatic rings. The molecule has 0 aliphatic rings. The normalized spacial score (nSPS) is 10.9. The number of rotatable bonds is 8. The monoisotopic (exact) mass is 341 g/mol. The SMILES string of the molecule is COc1cc(/C=N\NC(=O)c2cccnc2)ccc1OCCC(C)C. The second kappa shape index (κ2) is 9.42. The topological polar surface area (TPSA) is 72.8 Å². The molecule has 1 aromatic carbocycles. The Morgan fingerprint density at radius 3 is 2.84 bits per heavy atom. The van der Waals surface area contributed by atoms with Gasteiger partial charge in [0, 0.05) is 12.4 Å². The van der Waals surface area contributed by atoms with Gasteiger partial charge in [0.25, 0.3) is 5.91 Å². The third-order valence-electron chi connectivity index (χ3n) is 3.44. The lowest BCUT2D eigenvalue weighted by atomic mass is 10.1. The van der Waals surface area contributed by atoms with Crippen LogP contribution in [0, 0.1) is 5.92 Å². The molecule has 1 N–H and O–H groups in total. The van der Waals surface area contributed by atoms with Crippen molar-refractivity contribution in [1.82, 2.24) is 10.4 Å². The van der Waals surface area contributed by atoms with Gasteiger partial charge in [-0.05, 0) is 48.2 Å². The van der Waals surface area contributed by atoms with Crippen LogP contribution in [-0.2, 0) is 0 Å². The first-order chi connectivity index (χ1) is 12.1. The van der Waals surface area contributed by atoms with Crippen molar-refractivity contribution < 1.29 is 14.3 Å². The standard InChI is InChI=1S/C19H23N3O3/c1-14(2)8-10-25-17-7-6-15(11-18(17)24-3)12-21-22-19(23)16-5-4-9-20-13-16/h4-7,9,11-14H,8,10H2,1-3H3,(H,22,23)/b21-12-. The van der Waals surface area contributed by atoms with Gasteiger partial charge in [0.15, 0.2) is 11.5 Å². The van der Waals surface area contributed by atoms with E-state index in [2.05, 4.69) is 29.4 Å². The number of hydrazone groups is 1. The predicted molar refractivity (Wildman–Crippen MR) is 97.2 cm³/mol. The quantitative estimate of drug-likeness (QED) is 0.591. The van der Waals surface area contributed by atoms with Crippen molar-refractivity contribution in [2.45, 2.75) is 20.3 Å². The highest BCUT2D eigenvalue weighted by Crippen LogP contribution is 2.27. The number of nitrogens with zero attached hydrogens (tertiary/aromatic N) is 2. The molecule has 0 atom stereocenters. The molecule has 0 aliphatic heterocycles. The Kier molecular flexibility index (Phi) is 6.95. The van der Waals surface area contributed by atoms with Crippen LogP contribution in [0.4, 0.5) is 0 Å². The van der Waals surface area contributed by atoms with E-state index in [1.54, 1.807) is 31.7 Å². The summed E-state index contributed by atoms with van der Waals surface area (Å²) < 4.78 is 11.1. The van der Waals surface area contributed by atoms with E-state index in [9.17, 15) is 4.79 Å². The minimum Gasteiger partial charge on any atom is -0.493 e. The smallest absolute Gasteiger partial charge is 0.272 e. The Bertz CT molecular complexity index is 715. The van der Waals surface area contributed by atoms with Crippen molar-refractivity contribution >= 4 is 12.1 Å². The van der Waals surface area contributed by atoms with Gasteiger partial charge in [0.05, 0.1) is 25.5 Å². The van der Waals surface area contributed by atoms with Gasteiger partial charge in [-0.25, -0.2) is 5.43 Å². The van der Waals surface area contributed by atoms with E-state index >= 15 is 0 Å². The molecule has 0 saturated carbocycles. The number of carbonyl (C=O) groups is 1. The van der Waals surface area contributed by atoms with E-state index in [1.165, 1.54) is 6.20 Å². The van der Waals surface area contributed by atoms with E-state index in [0.717, 1.165) is 12.0 Å². The van der Waals surface area contributed by atoms with Crippen molar-refractivity contribution in [2.24, 2.45) is 11.0 Å².